The summed E-state index contributed by atoms with van der Waals surface area (Å²) in [5.41, 5.74) is 2.88. The molecule has 1 heterocycles. The zero-order chi connectivity index (χ0) is 42.9. The van der Waals surface area contributed by atoms with Crippen molar-refractivity contribution >= 4 is 58.2 Å². The molecule has 0 aromatic heterocycles. The summed E-state index contributed by atoms with van der Waals surface area (Å²) in [7, 11) is 1.42. The average molecular weight is 888 g/mol. The second-order valence-corrected chi connectivity index (χ2v) is 18.1. The summed E-state index contributed by atoms with van der Waals surface area (Å²) in [5, 5.41) is 12.3. The molecule has 17 heteroatoms. The van der Waals surface area contributed by atoms with Crippen LogP contribution in [-0.4, -0.2) is 108 Å². The standard InChI is InChI=1S/C31H45NO9S.C10H11Cl2NO2S/c1-30(2,11-14-41-31(3,42)12-13-36-4)40-16-15-39-20-23-18-26(37-5)28(27(19-23)38-6)24-9-7-22(8-10-24)17-25(29(34)35)32-21-33;11-8-5-9(12)7-10(6-8)16(14,15)13-3-1-2-4-13/h7-10,18-19,21,25,42H,11-17,20H2,1-6H3,(H,32,33)(H,34,35);5-7H,1-4H2/t25-,31?;/m0./s1. The maximum Gasteiger partial charge on any atom is 0.326 e. The third-order valence-electron chi connectivity index (χ3n) is 9.23. The first-order valence-electron chi connectivity index (χ1n) is 18.7. The molecular weight excluding hydrogens is 831 g/mol. The van der Waals surface area contributed by atoms with Crippen LogP contribution < -0.4 is 14.8 Å². The number of carboxylic acids is 1. The number of carboxylic acid groups (broad SMARTS) is 1. The largest absolute Gasteiger partial charge is 0.496 e. The lowest BCUT2D eigenvalue weighted by Crippen LogP contribution is -2.37. The van der Waals surface area contributed by atoms with Gasteiger partial charge in [0.05, 0.1) is 56.7 Å². The van der Waals surface area contributed by atoms with Crippen LogP contribution in [0, 0.1) is 0 Å². The highest BCUT2D eigenvalue weighted by atomic mass is 35.5. The average Bonchev–Trinajstić information content (AvgIpc) is 3.73. The number of carbonyl (C=O) groups excluding carboxylic acids is 1. The van der Waals surface area contributed by atoms with Gasteiger partial charge in [-0.3, -0.25) is 4.79 Å². The van der Waals surface area contributed by atoms with Gasteiger partial charge in [0.15, 0.2) is 0 Å². The molecule has 2 N–H and O–H groups in total. The molecule has 1 saturated heterocycles. The fourth-order valence-corrected chi connectivity index (χ4v) is 8.38. The molecule has 4 rings (SSSR count). The highest BCUT2D eigenvalue weighted by Gasteiger charge is 2.28. The van der Waals surface area contributed by atoms with Crippen LogP contribution in [0.25, 0.3) is 11.1 Å². The first-order valence-corrected chi connectivity index (χ1v) is 21.4. The quantitative estimate of drug-likeness (QED) is 0.0380. The van der Waals surface area contributed by atoms with E-state index in [4.69, 9.17) is 51.6 Å². The Balaban J connectivity index is 0.000000464. The van der Waals surface area contributed by atoms with Gasteiger partial charge in [-0.1, -0.05) is 47.5 Å². The van der Waals surface area contributed by atoms with Crippen LogP contribution in [0.3, 0.4) is 0 Å². The van der Waals surface area contributed by atoms with E-state index in [1.54, 1.807) is 21.3 Å². The predicted molar refractivity (Wildman–Crippen MR) is 228 cm³/mol. The van der Waals surface area contributed by atoms with E-state index in [1.165, 1.54) is 22.5 Å². The van der Waals surface area contributed by atoms with Crippen LogP contribution >= 0.6 is 35.8 Å². The number of methoxy groups -OCH3 is 3. The van der Waals surface area contributed by atoms with Crippen molar-refractivity contribution in [3.05, 3.63) is 75.8 Å². The van der Waals surface area contributed by atoms with E-state index in [1.807, 2.05) is 57.2 Å². The lowest BCUT2D eigenvalue weighted by Gasteiger charge is -2.29. The fourth-order valence-electron chi connectivity index (χ4n) is 5.95. The normalized spacial score (nSPS) is 14.8. The van der Waals surface area contributed by atoms with Gasteiger partial charge in [-0.2, -0.15) is 4.31 Å². The van der Waals surface area contributed by atoms with Crippen molar-refractivity contribution in [2.45, 2.75) is 81.0 Å². The van der Waals surface area contributed by atoms with Crippen molar-refractivity contribution < 1.29 is 51.5 Å². The molecule has 322 valence electrons. The summed E-state index contributed by atoms with van der Waals surface area (Å²) in [6.07, 6.45) is 3.78. The number of halogens is 2. The maximum absolute atomic E-state index is 12.1. The molecule has 0 radical (unpaired) electrons. The van der Waals surface area contributed by atoms with Gasteiger partial charge in [0.1, 0.15) is 22.5 Å². The molecule has 0 spiro atoms. The molecule has 1 amide bonds. The van der Waals surface area contributed by atoms with E-state index in [0.29, 0.717) is 86.9 Å². The number of benzene rings is 3. The number of rotatable bonds is 23. The molecule has 3 aromatic rings. The minimum absolute atomic E-state index is 0.164. The summed E-state index contributed by atoms with van der Waals surface area (Å²) >= 11 is 16.1. The van der Waals surface area contributed by atoms with Crippen LogP contribution in [-0.2, 0) is 51.6 Å². The Labute approximate surface area is 358 Å². The number of nitrogens with one attached hydrogen (secondary N) is 1. The van der Waals surface area contributed by atoms with Crippen molar-refractivity contribution in [1.82, 2.24) is 9.62 Å². The molecule has 1 unspecified atom stereocenters. The Kier molecular flexibility index (Phi) is 20.0. The third-order valence-corrected chi connectivity index (χ3v) is 11.9. The van der Waals surface area contributed by atoms with E-state index in [9.17, 15) is 23.1 Å². The summed E-state index contributed by atoms with van der Waals surface area (Å²) in [5.74, 6) is 0.139. The van der Waals surface area contributed by atoms with E-state index in [-0.39, 0.29) is 16.9 Å². The molecule has 0 bridgehead atoms. The first kappa shape index (κ1) is 49.2. The molecule has 58 heavy (non-hydrogen) atoms. The molecule has 1 aliphatic rings. The van der Waals surface area contributed by atoms with Gasteiger partial charge in [0.2, 0.25) is 16.4 Å². The smallest absolute Gasteiger partial charge is 0.326 e. The van der Waals surface area contributed by atoms with Crippen molar-refractivity contribution in [1.29, 1.82) is 0 Å². The topological polar surface area (TPSA) is 159 Å². The van der Waals surface area contributed by atoms with E-state index < -0.39 is 27.0 Å². The second kappa shape index (κ2) is 23.6. The number of ether oxygens (including phenoxy) is 6. The highest BCUT2D eigenvalue weighted by molar-refractivity contribution is 7.89. The van der Waals surface area contributed by atoms with E-state index in [0.717, 1.165) is 35.1 Å². The molecule has 2 atom stereocenters. The van der Waals surface area contributed by atoms with E-state index >= 15 is 0 Å². The van der Waals surface area contributed by atoms with Crippen molar-refractivity contribution in [3.63, 3.8) is 0 Å². The number of nitrogens with zero attached hydrogens (tertiary/aromatic N) is 1. The molecule has 3 aromatic carbocycles. The lowest BCUT2D eigenvalue weighted by molar-refractivity contribution is -0.140. The van der Waals surface area contributed by atoms with Crippen LogP contribution in [0.5, 0.6) is 11.5 Å². The summed E-state index contributed by atoms with van der Waals surface area (Å²) < 4.78 is 60.0. The minimum atomic E-state index is -3.42. The number of aliphatic carboxylic acids is 1. The maximum atomic E-state index is 12.1. The third kappa shape index (κ3) is 15.8. The van der Waals surface area contributed by atoms with Gasteiger partial charge in [0.25, 0.3) is 0 Å². The lowest BCUT2D eigenvalue weighted by atomic mass is 9.98. The monoisotopic (exact) mass is 886 g/mol. The van der Waals surface area contributed by atoms with Gasteiger partial charge in [-0.05, 0) is 87.1 Å². The summed E-state index contributed by atoms with van der Waals surface area (Å²) in [6.45, 7) is 9.42. The number of carbonyl (C=O) groups is 2. The van der Waals surface area contributed by atoms with Gasteiger partial charge in [0, 0.05) is 49.7 Å². The fraction of sp³-hybridized carbons (Fsp3) is 0.512. The van der Waals surface area contributed by atoms with Crippen molar-refractivity contribution in [2.24, 2.45) is 0 Å². The highest BCUT2D eigenvalue weighted by Crippen LogP contribution is 2.40. The first-order chi connectivity index (χ1) is 27.4. The van der Waals surface area contributed by atoms with Gasteiger partial charge < -0.3 is 38.8 Å². The van der Waals surface area contributed by atoms with Gasteiger partial charge in [-0.25, -0.2) is 13.2 Å². The summed E-state index contributed by atoms with van der Waals surface area (Å²) in [6, 6.07) is 14.6. The van der Waals surface area contributed by atoms with Crippen molar-refractivity contribution in [3.8, 4) is 22.6 Å². The predicted octanol–water partition coefficient (Wildman–Crippen LogP) is 7.29. The Morgan fingerprint density at radius 1 is 0.879 bits per heavy atom. The second-order valence-electron chi connectivity index (χ2n) is 14.3. The summed E-state index contributed by atoms with van der Waals surface area (Å²) in [4.78, 5) is 21.7. The van der Waals surface area contributed by atoms with Crippen LogP contribution in [0.4, 0.5) is 0 Å². The molecule has 1 aliphatic heterocycles. The zero-order valence-electron chi connectivity index (χ0n) is 33.9. The molecule has 1 fully saturated rings. The Morgan fingerprint density at radius 3 is 2.02 bits per heavy atom. The zero-order valence-corrected chi connectivity index (χ0v) is 37.1. The van der Waals surface area contributed by atoms with E-state index in [2.05, 4.69) is 17.9 Å². The number of hydrogen-bond donors (Lipinski definition) is 3. The SMILES string of the molecule is COCCC(C)(S)OCCC(C)(C)OCCOCc1cc(OC)c(-c2ccc(C[C@H](NC=O)C(=O)O)cc2)c(OC)c1.O=S(=O)(c1cc(Cl)cc(Cl)c1)N1CCCC1. The minimum Gasteiger partial charge on any atom is -0.496 e. The van der Waals surface area contributed by atoms with Gasteiger partial charge in [-0.15, -0.1) is 12.6 Å². The Morgan fingerprint density at radius 2 is 1.48 bits per heavy atom. The number of thiol groups is 1. The van der Waals surface area contributed by atoms with Gasteiger partial charge >= 0.3 is 5.97 Å². The molecule has 0 saturated carbocycles. The van der Waals surface area contributed by atoms with Crippen LogP contribution in [0.1, 0.15) is 57.6 Å². The number of hydrogen-bond acceptors (Lipinski definition) is 11. The molecule has 13 nitrogen and oxygen atoms in total. The molecule has 0 aliphatic carbocycles. The van der Waals surface area contributed by atoms with Crippen LogP contribution in [0.2, 0.25) is 10.0 Å². The number of amides is 1. The number of sulfonamides is 1. The van der Waals surface area contributed by atoms with Crippen molar-refractivity contribution in [2.75, 3.05) is 60.8 Å². The molecular formula is C41H56Cl2N2O11S2. The van der Waals surface area contributed by atoms with Crippen LogP contribution in [0.15, 0.2) is 59.5 Å². The Bertz CT molecular complexity index is 1830. The Hall–Kier alpha value is -3.12.